The zero-order valence-electron chi connectivity index (χ0n) is 9.68. The van der Waals surface area contributed by atoms with Gasteiger partial charge in [0.2, 0.25) is 0 Å². The monoisotopic (exact) mass is 301 g/mol. The van der Waals surface area contributed by atoms with Gasteiger partial charge < -0.3 is 4.74 Å². The minimum atomic E-state index is -0.529. The fourth-order valence-corrected chi connectivity index (χ4v) is 1.84. The average Bonchev–Trinajstić information content (AvgIpc) is 2.38. The average molecular weight is 302 g/mol. The highest BCUT2D eigenvalue weighted by Crippen LogP contribution is 2.33. The molecule has 6 nitrogen and oxygen atoms in total. The molecular formula is C11H9Cl2N3O3. The molecule has 0 saturated heterocycles. The van der Waals surface area contributed by atoms with Gasteiger partial charge in [-0.2, -0.15) is 0 Å². The Morgan fingerprint density at radius 3 is 2.84 bits per heavy atom. The van der Waals surface area contributed by atoms with E-state index in [4.69, 9.17) is 27.9 Å². The first-order valence-electron chi connectivity index (χ1n) is 5.41. The Hall–Kier alpha value is -1.66. The van der Waals surface area contributed by atoms with Gasteiger partial charge in [-0.05, 0) is 6.42 Å². The Morgan fingerprint density at radius 1 is 1.37 bits per heavy atom. The third-order valence-electron chi connectivity index (χ3n) is 2.40. The summed E-state index contributed by atoms with van der Waals surface area (Å²) in [6, 6.07) is 2.79. The van der Waals surface area contributed by atoms with Crippen LogP contribution in [0.25, 0.3) is 10.9 Å². The third kappa shape index (κ3) is 3.02. The molecule has 0 unspecified atom stereocenters. The van der Waals surface area contributed by atoms with Crippen molar-refractivity contribution in [3.63, 3.8) is 0 Å². The fraction of sp³-hybridized carbons (Fsp3) is 0.273. The van der Waals surface area contributed by atoms with Crippen molar-refractivity contribution in [1.29, 1.82) is 0 Å². The van der Waals surface area contributed by atoms with Crippen molar-refractivity contribution in [2.45, 2.75) is 6.42 Å². The van der Waals surface area contributed by atoms with E-state index in [0.717, 1.165) is 0 Å². The van der Waals surface area contributed by atoms with Gasteiger partial charge in [0.25, 0.3) is 0 Å². The Labute approximate surface area is 118 Å². The maximum Gasteiger partial charge on any atom is 0.311 e. The van der Waals surface area contributed by atoms with Crippen LogP contribution in [0.15, 0.2) is 18.5 Å². The minimum Gasteiger partial charge on any atom is -0.487 e. The van der Waals surface area contributed by atoms with E-state index in [2.05, 4.69) is 9.97 Å². The number of aromatic nitrogens is 2. The summed E-state index contributed by atoms with van der Waals surface area (Å²) in [7, 11) is 0. The van der Waals surface area contributed by atoms with Crippen LogP contribution in [0.4, 0.5) is 5.69 Å². The van der Waals surface area contributed by atoms with Crippen LogP contribution in [0.2, 0.25) is 5.15 Å². The second-order valence-corrected chi connectivity index (χ2v) is 4.39. The van der Waals surface area contributed by atoms with Crippen molar-refractivity contribution in [3.8, 4) is 5.75 Å². The molecule has 8 heteroatoms. The van der Waals surface area contributed by atoms with Gasteiger partial charge in [-0.1, -0.05) is 11.6 Å². The summed E-state index contributed by atoms with van der Waals surface area (Å²) >= 11 is 11.4. The Morgan fingerprint density at radius 2 is 2.16 bits per heavy atom. The van der Waals surface area contributed by atoms with Crippen LogP contribution < -0.4 is 4.74 Å². The van der Waals surface area contributed by atoms with E-state index in [1.165, 1.54) is 18.5 Å². The third-order valence-corrected chi connectivity index (χ3v) is 2.97. The van der Waals surface area contributed by atoms with Gasteiger partial charge in [-0.15, -0.1) is 11.6 Å². The van der Waals surface area contributed by atoms with Crippen LogP contribution in [0, 0.1) is 10.1 Å². The molecule has 100 valence electrons. The molecule has 0 spiro atoms. The largest absolute Gasteiger partial charge is 0.487 e. The number of nitro benzene ring substituents is 1. The van der Waals surface area contributed by atoms with Crippen LogP contribution >= 0.6 is 23.2 Å². The van der Waals surface area contributed by atoms with Gasteiger partial charge in [0, 0.05) is 23.4 Å². The number of nitrogens with zero attached hydrogens (tertiary/aromatic N) is 3. The van der Waals surface area contributed by atoms with E-state index in [9.17, 15) is 10.1 Å². The first kappa shape index (κ1) is 13.8. The molecule has 0 amide bonds. The highest BCUT2D eigenvalue weighted by molar-refractivity contribution is 6.34. The van der Waals surface area contributed by atoms with E-state index >= 15 is 0 Å². The molecule has 0 fully saturated rings. The first-order valence-corrected chi connectivity index (χ1v) is 6.32. The summed E-state index contributed by atoms with van der Waals surface area (Å²) < 4.78 is 5.36. The molecule has 0 saturated carbocycles. The molecule has 0 aliphatic carbocycles. The number of halogens is 2. The lowest BCUT2D eigenvalue weighted by atomic mass is 10.2. The van der Waals surface area contributed by atoms with Crippen LogP contribution in [-0.2, 0) is 0 Å². The molecule has 0 atom stereocenters. The highest BCUT2D eigenvalue weighted by Gasteiger charge is 2.18. The standard InChI is InChI=1S/C11H9Cl2N3O3/c12-2-1-3-19-10-5-8-7(4-9(10)16(17)18)11(13)15-6-14-8/h4-6H,1-3H2. The smallest absolute Gasteiger partial charge is 0.311 e. The molecule has 0 aliphatic heterocycles. The van der Waals surface area contributed by atoms with Crippen LogP contribution in [0.1, 0.15) is 6.42 Å². The van der Waals surface area contributed by atoms with Crippen molar-refractivity contribution in [2.75, 3.05) is 12.5 Å². The Balaban J connectivity index is 2.48. The Bertz CT molecular complexity index is 621. The summed E-state index contributed by atoms with van der Waals surface area (Å²) in [6.45, 7) is 0.300. The molecule has 19 heavy (non-hydrogen) atoms. The van der Waals surface area contributed by atoms with Crippen molar-refractivity contribution >= 4 is 39.8 Å². The van der Waals surface area contributed by atoms with Crippen LogP contribution in [-0.4, -0.2) is 27.4 Å². The quantitative estimate of drug-likeness (QED) is 0.279. The molecule has 1 aromatic heterocycles. The number of hydrogen-bond donors (Lipinski definition) is 0. The Kier molecular flexibility index (Phi) is 4.34. The SMILES string of the molecule is O=[N+]([O-])c1cc2c(Cl)ncnc2cc1OCCCCl. The molecule has 2 aromatic rings. The van der Waals surface area contributed by atoms with E-state index < -0.39 is 4.92 Å². The summed E-state index contributed by atoms with van der Waals surface area (Å²) in [6.07, 6.45) is 1.89. The molecule has 0 radical (unpaired) electrons. The second-order valence-electron chi connectivity index (χ2n) is 3.65. The lowest BCUT2D eigenvalue weighted by Gasteiger charge is -2.07. The van der Waals surface area contributed by atoms with Crippen molar-refractivity contribution in [3.05, 3.63) is 33.7 Å². The molecule has 2 rings (SSSR count). The van der Waals surface area contributed by atoms with Gasteiger partial charge in [0.05, 0.1) is 17.0 Å². The molecule has 1 heterocycles. The number of ether oxygens (including phenoxy) is 1. The lowest BCUT2D eigenvalue weighted by Crippen LogP contribution is -2.01. The predicted octanol–water partition coefficient (Wildman–Crippen LogP) is 3.20. The summed E-state index contributed by atoms with van der Waals surface area (Å²) in [5.41, 5.74) is 0.324. The number of hydrogen-bond acceptors (Lipinski definition) is 5. The zero-order valence-corrected chi connectivity index (χ0v) is 11.2. The zero-order chi connectivity index (χ0) is 13.8. The number of nitro groups is 1. The van der Waals surface area contributed by atoms with Crippen molar-refractivity contribution < 1.29 is 9.66 Å². The van der Waals surface area contributed by atoms with Crippen molar-refractivity contribution in [2.24, 2.45) is 0 Å². The molecule has 1 aromatic carbocycles. The highest BCUT2D eigenvalue weighted by atomic mass is 35.5. The number of alkyl halides is 1. The maximum atomic E-state index is 11.0. The summed E-state index contributed by atoms with van der Waals surface area (Å²) in [5.74, 6) is 0.576. The number of fused-ring (bicyclic) bond motifs is 1. The van der Waals surface area contributed by atoms with Gasteiger partial charge in [-0.25, -0.2) is 9.97 Å². The van der Waals surface area contributed by atoms with Gasteiger partial charge in [0.1, 0.15) is 11.5 Å². The van der Waals surface area contributed by atoms with E-state index in [1.807, 2.05) is 0 Å². The van der Waals surface area contributed by atoms with E-state index in [0.29, 0.717) is 29.8 Å². The normalized spacial score (nSPS) is 10.6. The predicted molar refractivity (Wildman–Crippen MR) is 72.0 cm³/mol. The maximum absolute atomic E-state index is 11.0. The van der Waals surface area contributed by atoms with Crippen LogP contribution in [0.5, 0.6) is 5.75 Å². The van der Waals surface area contributed by atoms with Gasteiger partial charge >= 0.3 is 5.69 Å². The molecule has 0 N–H and O–H groups in total. The van der Waals surface area contributed by atoms with Gasteiger partial charge in [-0.3, -0.25) is 10.1 Å². The van der Waals surface area contributed by atoms with E-state index in [1.54, 1.807) is 0 Å². The second kappa shape index (κ2) is 5.99. The van der Waals surface area contributed by atoms with Gasteiger partial charge in [0.15, 0.2) is 5.75 Å². The summed E-state index contributed by atoms with van der Waals surface area (Å²) in [4.78, 5) is 18.3. The lowest BCUT2D eigenvalue weighted by molar-refractivity contribution is -0.385. The fourth-order valence-electron chi connectivity index (χ4n) is 1.54. The summed E-state index contributed by atoms with van der Waals surface area (Å²) in [5, 5.41) is 11.6. The number of benzene rings is 1. The molecule has 0 aliphatic rings. The van der Waals surface area contributed by atoms with E-state index in [-0.39, 0.29) is 16.6 Å². The molecular weight excluding hydrogens is 293 g/mol. The minimum absolute atomic E-state index is 0.150. The molecule has 0 bridgehead atoms. The van der Waals surface area contributed by atoms with Crippen molar-refractivity contribution in [1.82, 2.24) is 9.97 Å². The number of rotatable bonds is 5. The first-order chi connectivity index (χ1) is 9.13. The van der Waals surface area contributed by atoms with Crippen LogP contribution in [0.3, 0.4) is 0 Å². The topological polar surface area (TPSA) is 78.2 Å².